The van der Waals surface area contributed by atoms with Crippen LogP contribution in [0.3, 0.4) is 0 Å². The molecule has 2 aliphatic heterocycles. The quantitative estimate of drug-likeness (QED) is 0.0363. The van der Waals surface area contributed by atoms with Crippen LogP contribution in [0.5, 0.6) is 0 Å². The number of carboxylic acid groups (broad SMARTS) is 1. The van der Waals surface area contributed by atoms with Crippen LogP contribution in [-0.4, -0.2) is 184 Å². The van der Waals surface area contributed by atoms with Crippen molar-refractivity contribution in [2.24, 2.45) is 11.8 Å². The minimum absolute atomic E-state index is 0.798. The second-order valence-electron chi connectivity index (χ2n) is 11.5. The van der Waals surface area contributed by atoms with Crippen molar-refractivity contribution in [2.75, 3.05) is 20.3 Å². The van der Waals surface area contributed by atoms with E-state index in [4.69, 9.17) is 42.1 Å². The molecule has 55 heavy (non-hydrogen) atoms. The first-order valence-electron chi connectivity index (χ1n) is 14.9. The lowest BCUT2D eigenvalue weighted by Gasteiger charge is -2.45. The fraction of sp³-hybridized carbons (Fsp3) is 0.955. The predicted molar refractivity (Wildman–Crippen MR) is 164 cm³/mol. The van der Waals surface area contributed by atoms with E-state index in [1.54, 1.807) is 0 Å². The Morgan fingerprint density at radius 1 is 0.691 bits per heavy atom. The van der Waals surface area contributed by atoms with Crippen LogP contribution in [-0.2, 0) is 96.3 Å². The molecule has 0 radical (unpaired) electrons. The summed E-state index contributed by atoms with van der Waals surface area (Å²) in [6.45, 7) is -4.73. The molecule has 15 atom stereocenters. The van der Waals surface area contributed by atoms with Gasteiger partial charge in [0.1, 0.15) is 30.5 Å². The molecule has 29 nitrogen and oxygen atoms in total. The molecule has 0 aromatic heterocycles. The Bertz CT molecular complexity index is 1690. The van der Waals surface area contributed by atoms with E-state index in [-0.39, 0.29) is 0 Å². The van der Waals surface area contributed by atoms with Gasteiger partial charge in [-0.3, -0.25) is 18.2 Å². The van der Waals surface area contributed by atoms with Crippen LogP contribution < -0.4 is 0 Å². The van der Waals surface area contributed by atoms with E-state index in [9.17, 15) is 68.6 Å². The number of hydrogen-bond acceptors (Lipinski definition) is 24. The Morgan fingerprint density at radius 3 is 1.55 bits per heavy atom. The number of rotatable bonds is 22. The van der Waals surface area contributed by atoms with Crippen LogP contribution in [0.1, 0.15) is 20.8 Å². The zero-order chi connectivity index (χ0) is 42.4. The van der Waals surface area contributed by atoms with Crippen LogP contribution in [0.25, 0.3) is 0 Å². The van der Waals surface area contributed by atoms with Crippen molar-refractivity contribution in [3.05, 3.63) is 0 Å². The number of carbonyl (C=O) groups is 1. The Kier molecular flexibility index (Phi) is 18.0. The van der Waals surface area contributed by atoms with Crippen molar-refractivity contribution in [3.63, 3.8) is 0 Å². The first-order chi connectivity index (χ1) is 24.9. The molecule has 0 aromatic carbocycles. The molecular weight excluding hydrogens is 856 g/mol. The Labute approximate surface area is 312 Å². The van der Waals surface area contributed by atoms with Crippen LogP contribution in [0.2, 0.25) is 0 Å². The summed E-state index contributed by atoms with van der Waals surface area (Å²) in [5.41, 5.74) is 0. The summed E-state index contributed by atoms with van der Waals surface area (Å²) >= 11 is 0. The number of aliphatic hydroxyl groups excluding tert-OH is 4. The zero-order valence-electron chi connectivity index (χ0n) is 28.4. The summed E-state index contributed by atoms with van der Waals surface area (Å²) in [5, 5.41) is 52.5. The molecular formula is C22H40O29S4. The molecule has 2 aliphatic rings. The predicted octanol–water partition coefficient (Wildman–Crippen LogP) is -5.08. The molecule has 2 heterocycles. The van der Waals surface area contributed by atoms with Gasteiger partial charge in [0, 0.05) is 18.9 Å². The van der Waals surface area contributed by atoms with Crippen molar-refractivity contribution in [1.29, 1.82) is 0 Å². The van der Waals surface area contributed by atoms with Crippen molar-refractivity contribution in [3.8, 4) is 0 Å². The average molecular weight is 897 g/mol. The lowest BCUT2D eigenvalue weighted by Crippen LogP contribution is -2.60. The summed E-state index contributed by atoms with van der Waals surface area (Å²) < 4.78 is 180. The highest BCUT2D eigenvalue weighted by Gasteiger charge is 2.50. The third-order valence-corrected chi connectivity index (χ3v) is 9.11. The number of ether oxygens (including phenoxy) is 7. The van der Waals surface area contributed by atoms with Gasteiger partial charge in [-0.15, -0.1) is 0 Å². The molecule has 0 spiro atoms. The highest BCUT2D eigenvalue weighted by atomic mass is 32.3. The molecule has 0 amide bonds. The van der Waals surface area contributed by atoms with Crippen LogP contribution in [0.4, 0.5) is 0 Å². The van der Waals surface area contributed by atoms with Gasteiger partial charge in [0.2, 0.25) is 0 Å². The SMILES string of the molecule is CO[C@@H](O[C@H]1C(COS(=O)(=O)O)O[C@@H](O[C@@H](C(O[C@@H](O[C@H]2C(COS(=O)(=O)O)O[C@@H](O)[C@@H](C)C2O)OS(=O)(=O)O)C(=O)O)[C@H](C)O)[C@@H](C)C1O)OS(=O)(=O)O. The molecule has 2 saturated heterocycles. The van der Waals surface area contributed by atoms with E-state index in [1.165, 1.54) is 0 Å². The smallest absolute Gasteiger partial charge is 0.401 e. The van der Waals surface area contributed by atoms with E-state index in [1.807, 2.05) is 0 Å². The molecule has 0 aliphatic carbocycles. The molecule has 2 rings (SSSR count). The number of aliphatic hydroxyl groups is 4. The third kappa shape index (κ3) is 16.4. The summed E-state index contributed by atoms with van der Waals surface area (Å²) in [4.78, 5) is 12.5. The number of hydrogen-bond donors (Lipinski definition) is 9. The Balaban J connectivity index is 2.49. The summed E-state index contributed by atoms with van der Waals surface area (Å²) in [7, 11) is -20.7. The fourth-order valence-corrected chi connectivity index (χ4v) is 6.05. The van der Waals surface area contributed by atoms with Crippen LogP contribution in [0, 0.1) is 11.8 Å². The van der Waals surface area contributed by atoms with Gasteiger partial charge < -0.3 is 58.7 Å². The molecule has 5 unspecified atom stereocenters. The van der Waals surface area contributed by atoms with Gasteiger partial charge in [-0.25, -0.2) is 13.2 Å². The van der Waals surface area contributed by atoms with Gasteiger partial charge >= 0.3 is 47.6 Å². The first kappa shape index (κ1) is 49.7. The van der Waals surface area contributed by atoms with Gasteiger partial charge in [0.15, 0.2) is 18.7 Å². The molecule has 326 valence electrons. The summed E-state index contributed by atoms with van der Waals surface area (Å²) in [6.07, 6.45) is -22.8. The molecule has 2 fully saturated rings. The molecule has 9 N–H and O–H groups in total. The van der Waals surface area contributed by atoms with E-state index in [0.717, 1.165) is 27.9 Å². The second-order valence-corrected chi connectivity index (χ2v) is 15.8. The fourth-order valence-electron chi connectivity index (χ4n) is 4.83. The Morgan fingerprint density at radius 2 is 1.13 bits per heavy atom. The minimum Gasteiger partial charge on any atom is -0.479 e. The number of methoxy groups -OCH3 is 1. The minimum atomic E-state index is -5.70. The maximum atomic E-state index is 12.5. The highest BCUT2D eigenvalue weighted by molar-refractivity contribution is 7.81. The largest absolute Gasteiger partial charge is 0.479 e. The van der Waals surface area contributed by atoms with Crippen molar-refractivity contribution in [2.45, 2.75) is 101 Å². The lowest BCUT2D eigenvalue weighted by atomic mass is 9.92. The van der Waals surface area contributed by atoms with E-state index < -0.39 is 153 Å². The molecule has 33 heteroatoms. The number of carboxylic acids is 1. The second kappa shape index (κ2) is 20.0. The maximum absolute atomic E-state index is 12.5. The third-order valence-electron chi connectivity index (χ3n) is 7.44. The molecule has 0 bridgehead atoms. The lowest BCUT2D eigenvalue weighted by molar-refractivity contribution is -0.364. The number of aliphatic carboxylic acids is 1. The summed E-state index contributed by atoms with van der Waals surface area (Å²) in [5.74, 6) is -4.95. The van der Waals surface area contributed by atoms with Gasteiger partial charge in [0.25, 0.3) is 13.0 Å². The maximum Gasteiger partial charge on any atom is 0.401 e. The van der Waals surface area contributed by atoms with Gasteiger partial charge in [-0.2, -0.15) is 42.0 Å². The Hall–Kier alpha value is -1.49. The van der Waals surface area contributed by atoms with Crippen molar-refractivity contribution in [1.82, 2.24) is 0 Å². The molecule has 0 saturated carbocycles. The summed E-state index contributed by atoms with van der Waals surface area (Å²) in [6, 6.07) is 0. The average Bonchev–Trinajstić information content (AvgIpc) is 3.01. The first-order valence-corrected chi connectivity index (χ1v) is 20.3. The van der Waals surface area contributed by atoms with E-state index in [2.05, 4.69) is 21.5 Å². The normalized spacial score (nSPS) is 32.7. The topological polar surface area (TPSA) is 437 Å². The van der Waals surface area contributed by atoms with E-state index in [0.29, 0.717) is 0 Å². The monoisotopic (exact) mass is 896 g/mol. The standard InChI is InChI=1S/C22H40O29S4/c1-7-12(24)15(10(44-19(7)28)5-42-52(29,30)31)48-22(51-55(38,39)40)49-17(18(26)27)14(9(3)23)46-20-8(2)13(25)16(11(45-20)6-43-53(32,33)34)47-21(41-4)50-54(35,36)37/h7-17,19-25,28H,5-6H2,1-4H3,(H,26,27)(H,29,30,31)(H,32,33,34)(H,35,36,37)(H,38,39,40)/t7-,8-,9-,10?,11?,12?,13?,14+,15-,16-,17?,19+,20-,21-,22+/m0/s1. The van der Waals surface area contributed by atoms with Gasteiger partial charge in [-0.05, 0) is 6.92 Å². The van der Waals surface area contributed by atoms with Crippen LogP contribution in [0.15, 0.2) is 0 Å². The van der Waals surface area contributed by atoms with Gasteiger partial charge in [-0.1, -0.05) is 13.8 Å². The van der Waals surface area contributed by atoms with Crippen molar-refractivity contribution < 1.29 is 132 Å². The van der Waals surface area contributed by atoms with Crippen molar-refractivity contribution >= 4 is 47.6 Å². The van der Waals surface area contributed by atoms with Gasteiger partial charge in [0.05, 0.1) is 31.5 Å². The van der Waals surface area contributed by atoms with E-state index >= 15 is 0 Å². The van der Waals surface area contributed by atoms with Crippen LogP contribution >= 0.6 is 0 Å². The molecule has 0 aromatic rings. The highest BCUT2D eigenvalue weighted by Crippen LogP contribution is 2.33. The zero-order valence-corrected chi connectivity index (χ0v) is 31.7.